The van der Waals surface area contributed by atoms with E-state index in [0.717, 1.165) is 22.2 Å². The highest BCUT2D eigenvalue weighted by molar-refractivity contribution is 7.93. The maximum atomic E-state index is 13.5. The Balaban J connectivity index is 1.78. The number of fused-ring (bicyclic) bond motifs is 3. The molecule has 2 unspecified atom stereocenters. The fourth-order valence-corrected chi connectivity index (χ4v) is 6.46. The molecule has 2 atom stereocenters. The highest BCUT2D eigenvalue weighted by Gasteiger charge is 2.54. The number of ether oxygens (including phenoxy) is 1. The van der Waals surface area contributed by atoms with Crippen molar-refractivity contribution in [1.29, 1.82) is 0 Å². The van der Waals surface area contributed by atoms with E-state index in [-0.39, 0.29) is 4.90 Å². The van der Waals surface area contributed by atoms with E-state index in [1.807, 2.05) is 12.1 Å². The number of methoxy groups -OCH3 is 1. The molecule has 3 aromatic rings. The molecule has 0 saturated carbocycles. The van der Waals surface area contributed by atoms with E-state index >= 15 is 0 Å². The zero-order valence-corrected chi connectivity index (χ0v) is 18.2. The Bertz CT molecular complexity index is 1250. The van der Waals surface area contributed by atoms with Crippen LogP contribution in [0.3, 0.4) is 0 Å². The van der Waals surface area contributed by atoms with E-state index in [1.54, 1.807) is 18.2 Å². The summed E-state index contributed by atoms with van der Waals surface area (Å²) in [6.07, 6.45) is 1.35. The second-order valence-corrected chi connectivity index (χ2v) is 10.6. The average molecular weight is 448 g/mol. The molecule has 30 heavy (non-hydrogen) atoms. The highest BCUT2D eigenvalue weighted by atomic mass is 35.5. The number of H-pyrrole nitrogens is 1. The van der Waals surface area contributed by atoms with Crippen molar-refractivity contribution in [1.82, 2.24) is 4.98 Å². The van der Waals surface area contributed by atoms with Crippen molar-refractivity contribution in [2.45, 2.75) is 35.8 Å². The van der Waals surface area contributed by atoms with Crippen LogP contribution in [0, 0.1) is 5.92 Å². The smallest absolute Gasteiger partial charge is 0.325 e. The normalized spacial score (nSPS) is 18.6. The fourth-order valence-electron chi connectivity index (χ4n) is 4.39. The van der Waals surface area contributed by atoms with Gasteiger partial charge in [0.2, 0.25) is 0 Å². The Hall–Kier alpha value is -2.51. The number of aromatic amines is 1. The number of aryl methyl sites for hydroxylation is 1. The third-order valence-corrected chi connectivity index (χ3v) is 9.00. The number of aromatic nitrogens is 1. The molecule has 1 aliphatic rings. The fraction of sp³-hybridized carbons (Fsp3) is 0.318. The predicted molar refractivity (Wildman–Crippen MR) is 115 cm³/mol. The zero-order chi connectivity index (χ0) is 21.7. The first-order valence-electron chi connectivity index (χ1n) is 9.59. The summed E-state index contributed by atoms with van der Waals surface area (Å²) in [7, 11) is -2.75. The Morgan fingerprint density at radius 2 is 2.03 bits per heavy atom. The van der Waals surface area contributed by atoms with E-state index in [9.17, 15) is 18.3 Å². The maximum Gasteiger partial charge on any atom is 0.325 e. The topological polar surface area (TPSA) is 96.5 Å². The van der Waals surface area contributed by atoms with Gasteiger partial charge in [-0.3, -0.25) is 4.79 Å². The average Bonchev–Trinajstić information content (AvgIpc) is 3.09. The van der Waals surface area contributed by atoms with Gasteiger partial charge in [0.05, 0.1) is 12.0 Å². The van der Waals surface area contributed by atoms with E-state index < -0.39 is 26.5 Å². The number of carbonyl (C=O) groups is 1. The van der Waals surface area contributed by atoms with E-state index in [2.05, 4.69) is 4.98 Å². The van der Waals surface area contributed by atoms with Crippen LogP contribution in [0.1, 0.15) is 24.6 Å². The largest absolute Gasteiger partial charge is 0.497 e. The van der Waals surface area contributed by atoms with Crippen molar-refractivity contribution in [2.75, 3.05) is 7.11 Å². The van der Waals surface area contributed by atoms with Crippen LogP contribution in [0.15, 0.2) is 47.4 Å². The first-order chi connectivity index (χ1) is 14.2. The molecule has 2 aromatic carbocycles. The molecule has 8 heteroatoms. The molecule has 158 valence electrons. The van der Waals surface area contributed by atoms with Gasteiger partial charge in [0.15, 0.2) is 14.6 Å². The number of nitrogens with one attached hydrogen (secondary N) is 1. The molecule has 0 radical (unpaired) electrons. The minimum absolute atomic E-state index is 0.0547. The summed E-state index contributed by atoms with van der Waals surface area (Å²) < 4.78 is 30.2. The Morgan fingerprint density at radius 1 is 1.27 bits per heavy atom. The Morgan fingerprint density at radius 3 is 2.73 bits per heavy atom. The van der Waals surface area contributed by atoms with Crippen molar-refractivity contribution in [2.24, 2.45) is 5.92 Å². The second-order valence-electron chi connectivity index (χ2n) is 7.81. The minimum Gasteiger partial charge on any atom is -0.497 e. The number of rotatable bonds is 5. The molecular formula is C22H22ClNO5S. The first kappa shape index (κ1) is 20.8. The molecule has 1 aliphatic carbocycles. The van der Waals surface area contributed by atoms with Gasteiger partial charge in [-0.1, -0.05) is 17.7 Å². The molecular weight excluding hydrogens is 426 g/mol. The molecule has 4 rings (SSSR count). The monoisotopic (exact) mass is 447 g/mol. The van der Waals surface area contributed by atoms with Crippen LogP contribution in [0.2, 0.25) is 5.02 Å². The summed E-state index contributed by atoms with van der Waals surface area (Å²) in [5, 5.41) is 11.7. The van der Waals surface area contributed by atoms with Crippen LogP contribution in [0.25, 0.3) is 10.9 Å². The standard InChI is InChI=1S/C22H22ClNO5S/c1-22(21(25)26,30(27,28)16-5-3-4-15(12-16)29-2)13-6-8-17-18-11-14(23)7-9-19(18)24-20(17)10-13/h3-5,7,9,11-13,24H,6,8,10H2,1-2H3,(H,25,26). The Labute approximate surface area is 179 Å². The van der Waals surface area contributed by atoms with Crippen LogP contribution in [0.5, 0.6) is 5.75 Å². The van der Waals surface area contributed by atoms with Crippen molar-refractivity contribution < 1.29 is 23.1 Å². The summed E-state index contributed by atoms with van der Waals surface area (Å²) >= 11 is 6.13. The SMILES string of the molecule is COc1cccc(S(=O)(=O)C(C)(C(=O)O)C2CCc3c([nH]c4ccc(Cl)cc34)C2)c1. The molecule has 1 aromatic heterocycles. The maximum absolute atomic E-state index is 13.5. The molecule has 0 fully saturated rings. The number of hydrogen-bond donors (Lipinski definition) is 2. The van der Waals surface area contributed by atoms with Crippen LogP contribution in [-0.4, -0.2) is 36.3 Å². The molecule has 0 amide bonds. The minimum atomic E-state index is -4.19. The van der Waals surface area contributed by atoms with Gasteiger partial charge in [0, 0.05) is 21.6 Å². The van der Waals surface area contributed by atoms with Crippen molar-refractivity contribution in [3.63, 3.8) is 0 Å². The lowest BCUT2D eigenvalue weighted by molar-refractivity contribution is -0.141. The summed E-state index contributed by atoms with van der Waals surface area (Å²) in [5.41, 5.74) is 2.87. The van der Waals surface area contributed by atoms with Gasteiger partial charge in [-0.05, 0) is 74.1 Å². The summed E-state index contributed by atoms with van der Waals surface area (Å²) in [4.78, 5) is 15.7. The van der Waals surface area contributed by atoms with Gasteiger partial charge >= 0.3 is 5.97 Å². The van der Waals surface area contributed by atoms with E-state index in [1.165, 1.54) is 26.2 Å². The molecule has 1 heterocycles. The Kier molecular flexibility index (Phi) is 5.06. The summed E-state index contributed by atoms with van der Waals surface area (Å²) in [6, 6.07) is 11.5. The number of sulfone groups is 1. The number of halogens is 1. The number of carboxylic acid groups (broad SMARTS) is 1. The lowest BCUT2D eigenvalue weighted by Crippen LogP contribution is -2.51. The summed E-state index contributed by atoms with van der Waals surface area (Å²) in [6.45, 7) is 1.32. The molecule has 2 N–H and O–H groups in total. The van der Waals surface area contributed by atoms with Gasteiger partial charge < -0.3 is 14.8 Å². The molecule has 6 nitrogen and oxygen atoms in total. The van der Waals surface area contributed by atoms with Crippen LogP contribution >= 0.6 is 11.6 Å². The van der Waals surface area contributed by atoms with E-state index in [0.29, 0.717) is 30.0 Å². The van der Waals surface area contributed by atoms with Crippen LogP contribution < -0.4 is 4.74 Å². The van der Waals surface area contributed by atoms with Crippen LogP contribution in [0.4, 0.5) is 0 Å². The molecule has 0 bridgehead atoms. The van der Waals surface area contributed by atoms with Crippen LogP contribution in [-0.2, 0) is 27.5 Å². The highest BCUT2D eigenvalue weighted by Crippen LogP contribution is 2.42. The van der Waals surface area contributed by atoms with Gasteiger partial charge in [-0.15, -0.1) is 0 Å². The predicted octanol–water partition coefficient (Wildman–Crippen LogP) is 4.25. The molecule has 0 saturated heterocycles. The van der Waals surface area contributed by atoms with E-state index in [4.69, 9.17) is 16.3 Å². The molecule has 0 aliphatic heterocycles. The third kappa shape index (κ3) is 3.08. The second kappa shape index (κ2) is 7.32. The number of hydrogen-bond acceptors (Lipinski definition) is 4. The number of benzene rings is 2. The van der Waals surface area contributed by atoms with Crippen molar-refractivity contribution in [3.8, 4) is 5.75 Å². The molecule has 0 spiro atoms. The van der Waals surface area contributed by atoms with Gasteiger partial charge in [0.1, 0.15) is 5.75 Å². The van der Waals surface area contributed by atoms with Gasteiger partial charge in [0.25, 0.3) is 0 Å². The number of aliphatic carboxylic acids is 1. The number of carboxylic acids is 1. The van der Waals surface area contributed by atoms with Crippen molar-refractivity contribution in [3.05, 3.63) is 58.7 Å². The summed E-state index contributed by atoms with van der Waals surface area (Å²) in [5.74, 6) is -1.58. The first-order valence-corrected chi connectivity index (χ1v) is 11.5. The lowest BCUT2D eigenvalue weighted by Gasteiger charge is -2.36. The van der Waals surface area contributed by atoms with Gasteiger partial charge in [-0.2, -0.15) is 0 Å². The third-order valence-electron chi connectivity index (χ3n) is 6.26. The lowest BCUT2D eigenvalue weighted by atomic mass is 9.79. The van der Waals surface area contributed by atoms with Crippen molar-refractivity contribution >= 4 is 38.3 Å². The quantitative estimate of drug-likeness (QED) is 0.609. The van der Waals surface area contributed by atoms with Gasteiger partial charge in [-0.25, -0.2) is 8.42 Å². The zero-order valence-electron chi connectivity index (χ0n) is 16.6.